The highest BCUT2D eigenvalue weighted by Gasteiger charge is 2.19. The predicted molar refractivity (Wildman–Crippen MR) is 105 cm³/mol. The monoisotopic (exact) mass is 428 g/mol. The number of nitrogens with one attached hydrogen (secondary N) is 1. The molecule has 0 bridgehead atoms. The molecule has 8 nitrogen and oxygen atoms in total. The van der Waals surface area contributed by atoms with Crippen LogP contribution in [0.2, 0.25) is 0 Å². The minimum Gasteiger partial charge on any atom is -0.491 e. The van der Waals surface area contributed by atoms with E-state index in [2.05, 4.69) is 4.72 Å². The summed E-state index contributed by atoms with van der Waals surface area (Å²) in [5.74, 6) is 0.535. The molecule has 0 amide bonds. The van der Waals surface area contributed by atoms with Crippen molar-refractivity contribution in [2.24, 2.45) is 5.14 Å². The molecule has 2 rings (SSSR count). The van der Waals surface area contributed by atoms with E-state index in [0.29, 0.717) is 31.1 Å². The Bertz CT molecular complexity index is 989. The standard InChI is InChI=1S/C18H24N2O6S2/c1-3-25-11-12-26-16-7-9-17(10-8-16)28(23,24)20-14(2)15-5-4-6-18(13-15)27(19,21)22/h4-10,13-14,20H,3,11-12H2,1-2H3,(H2,19,21,22). The second kappa shape index (κ2) is 9.48. The van der Waals surface area contributed by atoms with E-state index >= 15 is 0 Å². The molecule has 1 atom stereocenters. The van der Waals surface area contributed by atoms with Crippen molar-refractivity contribution in [1.29, 1.82) is 0 Å². The Hall–Kier alpha value is -1.98. The SMILES string of the molecule is CCOCCOc1ccc(S(=O)(=O)NC(C)c2cccc(S(N)(=O)=O)c2)cc1. The minimum atomic E-state index is -3.87. The lowest BCUT2D eigenvalue weighted by Crippen LogP contribution is -2.27. The normalized spacial score (nSPS) is 13.2. The maximum atomic E-state index is 12.6. The molecule has 0 saturated heterocycles. The first-order valence-electron chi connectivity index (χ1n) is 8.59. The molecule has 154 valence electrons. The lowest BCUT2D eigenvalue weighted by molar-refractivity contribution is 0.110. The van der Waals surface area contributed by atoms with Gasteiger partial charge in [-0.15, -0.1) is 0 Å². The smallest absolute Gasteiger partial charge is 0.241 e. The first-order chi connectivity index (χ1) is 13.1. The maximum Gasteiger partial charge on any atom is 0.241 e. The number of hydrogen-bond acceptors (Lipinski definition) is 6. The summed E-state index contributed by atoms with van der Waals surface area (Å²) in [6.45, 7) is 4.93. The van der Waals surface area contributed by atoms with Gasteiger partial charge in [0.2, 0.25) is 20.0 Å². The molecule has 0 saturated carbocycles. The second-order valence-corrected chi connectivity index (χ2v) is 9.25. The van der Waals surface area contributed by atoms with Gasteiger partial charge >= 0.3 is 0 Å². The molecule has 0 heterocycles. The number of benzene rings is 2. The molecule has 0 spiro atoms. The van der Waals surface area contributed by atoms with Crippen molar-refractivity contribution in [2.45, 2.75) is 29.7 Å². The number of primary sulfonamides is 1. The van der Waals surface area contributed by atoms with Crippen molar-refractivity contribution in [3.05, 3.63) is 54.1 Å². The molecule has 2 aromatic carbocycles. The summed E-state index contributed by atoms with van der Waals surface area (Å²) in [6, 6.07) is 11.2. The van der Waals surface area contributed by atoms with Crippen LogP contribution in [0.5, 0.6) is 5.75 Å². The van der Waals surface area contributed by atoms with Crippen LogP contribution in [-0.2, 0) is 24.8 Å². The van der Waals surface area contributed by atoms with Crippen molar-refractivity contribution < 1.29 is 26.3 Å². The van der Waals surface area contributed by atoms with Gasteiger partial charge in [-0.2, -0.15) is 0 Å². The molecular weight excluding hydrogens is 404 g/mol. The van der Waals surface area contributed by atoms with Crippen molar-refractivity contribution in [2.75, 3.05) is 19.8 Å². The van der Waals surface area contributed by atoms with Gasteiger partial charge in [-0.25, -0.2) is 26.7 Å². The van der Waals surface area contributed by atoms with E-state index in [-0.39, 0.29) is 9.79 Å². The third-order valence-corrected chi connectivity index (χ3v) is 6.32. The highest BCUT2D eigenvalue weighted by atomic mass is 32.2. The number of ether oxygens (including phenoxy) is 2. The van der Waals surface area contributed by atoms with E-state index in [1.54, 1.807) is 25.1 Å². The van der Waals surface area contributed by atoms with Crippen LogP contribution in [0, 0.1) is 0 Å². The molecule has 0 aliphatic carbocycles. The van der Waals surface area contributed by atoms with Crippen LogP contribution in [0.3, 0.4) is 0 Å². The molecule has 10 heteroatoms. The molecule has 1 unspecified atom stereocenters. The second-order valence-electron chi connectivity index (χ2n) is 5.98. The van der Waals surface area contributed by atoms with Gasteiger partial charge in [-0.05, 0) is 55.8 Å². The summed E-state index contributed by atoms with van der Waals surface area (Å²) < 4.78 is 61.3. The average Bonchev–Trinajstić information content (AvgIpc) is 2.65. The zero-order chi connectivity index (χ0) is 20.8. The van der Waals surface area contributed by atoms with Crippen LogP contribution in [0.15, 0.2) is 58.3 Å². The topological polar surface area (TPSA) is 125 Å². The molecule has 0 aromatic heterocycles. The van der Waals surface area contributed by atoms with Gasteiger partial charge in [-0.1, -0.05) is 12.1 Å². The van der Waals surface area contributed by atoms with Gasteiger partial charge in [-0.3, -0.25) is 0 Å². The Labute approximate surface area is 165 Å². The van der Waals surface area contributed by atoms with Gasteiger partial charge in [0.05, 0.1) is 16.4 Å². The Kier molecular flexibility index (Phi) is 7.55. The van der Waals surface area contributed by atoms with Gasteiger partial charge in [0, 0.05) is 12.6 Å². The first-order valence-corrected chi connectivity index (χ1v) is 11.6. The summed E-state index contributed by atoms with van der Waals surface area (Å²) in [4.78, 5) is -0.0105. The van der Waals surface area contributed by atoms with Gasteiger partial charge in [0.25, 0.3) is 0 Å². The third kappa shape index (κ3) is 6.28. The zero-order valence-corrected chi connectivity index (χ0v) is 17.3. The highest BCUT2D eigenvalue weighted by Crippen LogP contribution is 2.21. The first kappa shape index (κ1) is 22.3. The lowest BCUT2D eigenvalue weighted by atomic mass is 10.1. The molecule has 2 aromatic rings. The number of nitrogens with two attached hydrogens (primary N) is 1. The van der Waals surface area contributed by atoms with E-state index in [9.17, 15) is 16.8 Å². The molecule has 0 aliphatic heterocycles. The molecule has 0 fully saturated rings. The van der Waals surface area contributed by atoms with Gasteiger partial charge in [0.15, 0.2) is 0 Å². The average molecular weight is 429 g/mol. The summed E-state index contributed by atoms with van der Waals surface area (Å²) >= 11 is 0. The predicted octanol–water partition coefficient (Wildman–Crippen LogP) is 1.79. The Morgan fingerprint density at radius 3 is 2.29 bits per heavy atom. The van der Waals surface area contributed by atoms with Gasteiger partial charge in [0.1, 0.15) is 12.4 Å². The maximum absolute atomic E-state index is 12.6. The minimum absolute atomic E-state index is 0.0686. The fourth-order valence-corrected chi connectivity index (χ4v) is 4.21. The van der Waals surface area contributed by atoms with Crippen molar-refractivity contribution in [1.82, 2.24) is 4.72 Å². The van der Waals surface area contributed by atoms with E-state index in [1.807, 2.05) is 6.92 Å². The molecule has 3 N–H and O–H groups in total. The van der Waals surface area contributed by atoms with Crippen LogP contribution in [-0.4, -0.2) is 36.7 Å². The lowest BCUT2D eigenvalue weighted by Gasteiger charge is -2.16. The Morgan fingerprint density at radius 2 is 1.68 bits per heavy atom. The fraction of sp³-hybridized carbons (Fsp3) is 0.333. The van der Waals surface area contributed by atoms with E-state index < -0.39 is 26.1 Å². The number of sulfonamides is 2. The molecule has 28 heavy (non-hydrogen) atoms. The summed E-state index contributed by atoms with van der Waals surface area (Å²) in [7, 11) is -7.68. The van der Waals surface area contributed by atoms with Crippen molar-refractivity contribution >= 4 is 20.0 Å². The van der Waals surface area contributed by atoms with E-state index in [0.717, 1.165) is 0 Å². The van der Waals surface area contributed by atoms with Crippen LogP contribution in [0.25, 0.3) is 0 Å². The Balaban J connectivity index is 2.08. The number of rotatable bonds is 10. The fourth-order valence-electron chi connectivity index (χ4n) is 2.41. The zero-order valence-electron chi connectivity index (χ0n) is 15.7. The molecular formula is C18H24N2O6S2. The molecule has 0 aliphatic rings. The summed E-state index contributed by atoms with van der Waals surface area (Å²) in [6.07, 6.45) is 0. The van der Waals surface area contributed by atoms with Crippen molar-refractivity contribution in [3.8, 4) is 5.75 Å². The van der Waals surface area contributed by atoms with Crippen LogP contribution < -0.4 is 14.6 Å². The summed E-state index contributed by atoms with van der Waals surface area (Å²) in [5, 5.41) is 5.12. The van der Waals surface area contributed by atoms with Gasteiger partial charge < -0.3 is 9.47 Å². The molecule has 0 radical (unpaired) electrons. The van der Waals surface area contributed by atoms with E-state index in [1.165, 1.54) is 30.3 Å². The summed E-state index contributed by atoms with van der Waals surface area (Å²) in [5.41, 5.74) is 0.478. The number of hydrogen-bond donors (Lipinski definition) is 2. The van der Waals surface area contributed by atoms with Crippen LogP contribution >= 0.6 is 0 Å². The van der Waals surface area contributed by atoms with E-state index in [4.69, 9.17) is 14.6 Å². The Morgan fingerprint density at radius 1 is 1.00 bits per heavy atom. The quantitative estimate of drug-likeness (QED) is 0.556. The van der Waals surface area contributed by atoms with Crippen LogP contribution in [0.1, 0.15) is 25.5 Å². The van der Waals surface area contributed by atoms with Crippen LogP contribution in [0.4, 0.5) is 0 Å². The largest absolute Gasteiger partial charge is 0.491 e. The highest BCUT2D eigenvalue weighted by molar-refractivity contribution is 7.89. The third-order valence-electron chi connectivity index (χ3n) is 3.85. The van der Waals surface area contributed by atoms with Crippen molar-refractivity contribution in [3.63, 3.8) is 0 Å².